The van der Waals surface area contributed by atoms with Gasteiger partial charge >= 0.3 is 5.97 Å². The fraction of sp³-hybridized carbons (Fsp3) is 0.357. The van der Waals surface area contributed by atoms with Crippen molar-refractivity contribution in [1.29, 1.82) is 0 Å². The zero-order chi connectivity index (χ0) is 14.1. The minimum absolute atomic E-state index is 0.248. The highest BCUT2D eigenvalue weighted by Gasteiger charge is 2.20. The molecule has 0 atom stereocenters. The van der Waals surface area contributed by atoms with Gasteiger partial charge in [0.25, 0.3) is 0 Å². The van der Waals surface area contributed by atoms with Crippen LogP contribution in [0.2, 0.25) is 0 Å². The summed E-state index contributed by atoms with van der Waals surface area (Å²) in [5.41, 5.74) is 2.03. The zero-order valence-corrected chi connectivity index (χ0v) is 12.0. The minimum atomic E-state index is -0.938. The molecule has 3 rings (SSSR count). The van der Waals surface area contributed by atoms with E-state index in [0.29, 0.717) is 5.69 Å². The second kappa shape index (κ2) is 5.30. The van der Waals surface area contributed by atoms with Crippen LogP contribution in [0.3, 0.4) is 0 Å². The Morgan fingerprint density at radius 3 is 3.15 bits per heavy atom. The van der Waals surface area contributed by atoms with Crippen LogP contribution in [-0.4, -0.2) is 39.0 Å². The van der Waals surface area contributed by atoms with Crippen molar-refractivity contribution < 1.29 is 9.90 Å². The van der Waals surface area contributed by atoms with E-state index in [0.717, 1.165) is 36.8 Å². The number of rotatable bonds is 3. The van der Waals surface area contributed by atoms with Crippen molar-refractivity contribution in [2.75, 3.05) is 13.1 Å². The quantitative estimate of drug-likeness (QED) is 0.939. The third-order valence-electron chi connectivity index (χ3n) is 3.48. The maximum Gasteiger partial charge on any atom is 0.335 e. The van der Waals surface area contributed by atoms with Gasteiger partial charge in [-0.05, 0) is 18.7 Å². The number of nitrogens with zero attached hydrogens (tertiary/aromatic N) is 3. The average molecular weight is 289 g/mol. The summed E-state index contributed by atoms with van der Waals surface area (Å²) >= 11 is 1.62. The number of likely N-dealkylation sites (N-methyl/N-ethyl adjacent to an activating group) is 1. The molecule has 104 valence electrons. The third-order valence-corrected chi connectivity index (χ3v) is 4.59. The molecule has 1 N–H and O–H groups in total. The third kappa shape index (κ3) is 2.44. The molecule has 0 fully saturated rings. The largest absolute Gasteiger partial charge is 0.478 e. The Kier molecular flexibility index (Phi) is 3.50. The molecular formula is C14H15N3O2S. The Bertz CT molecular complexity index is 654. The normalized spacial score (nSPS) is 15.1. The fourth-order valence-corrected chi connectivity index (χ4v) is 3.43. The zero-order valence-electron chi connectivity index (χ0n) is 11.2. The molecule has 0 spiro atoms. The summed E-state index contributed by atoms with van der Waals surface area (Å²) in [6.07, 6.45) is 2.48. The Labute approximate surface area is 120 Å². The van der Waals surface area contributed by atoms with Crippen LogP contribution in [0, 0.1) is 0 Å². The highest BCUT2D eigenvalue weighted by atomic mass is 32.1. The van der Waals surface area contributed by atoms with E-state index in [4.69, 9.17) is 5.11 Å². The number of aromatic nitrogens is 2. The molecule has 0 amide bonds. The number of thiazole rings is 1. The van der Waals surface area contributed by atoms with E-state index in [1.165, 1.54) is 17.1 Å². The van der Waals surface area contributed by atoms with Crippen molar-refractivity contribution >= 4 is 17.3 Å². The van der Waals surface area contributed by atoms with Crippen LogP contribution in [0.25, 0.3) is 10.7 Å². The van der Waals surface area contributed by atoms with Crippen LogP contribution in [-0.2, 0) is 13.0 Å². The summed E-state index contributed by atoms with van der Waals surface area (Å²) in [5.74, 6) is -0.938. The molecule has 20 heavy (non-hydrogen) atoms. The number of hydrogen-bond donors (Lipinski definition) is 1. The minimum Gasteiger partial charge on any atom is -0.478 e. The summed E-state index contributed by atoms with van der Waals surface area (Å²) in [4.78, 5) is 23.5. The van der Waals surface area contributed by atoms with E-state index in [9.17, 15) is 4.79 Å². The Balaban J connectivity index is 1.94. The number of pyridine rings is 1. The van der Waals surface area contributed by atoms with E-state index >= 15 is 0 Å². The van der Waals surface area contributed by atoms with Crippen LogP contribution < -0.4 is 0 Å². The van der Waals surface area contributed by atoms with Crippen molar-refractivity contribution in [2.45, 2.75) is 19.9 Å². The van der Waals surface area contributed by atoms with Gasteiger partial charge in [0.05, 0.1) is 17.0 Å². The van der Waals surface area contributed by atoms with Crippen molar-refractivity contribution in [3.05, 3.63) is 34.5 Å². The van der Waals surface area contributed by atoms with E-state index in [-0.39, 0.29) is 5.56 Å². The number of carbonyl (C=O) groups is 1. The molecule has 0 bridgehead atoms. The summed E-state index contributed by atoms with van der Waals surface area (Å²) in [6, 6.07) is 3.09. The van der Waals surface area contributed by atoms with Crippen molar-refractivity contribution in [1.82, 2.24) is 14.9 Å². The van der Waals surface area contributed by atoms with Gasteiger partial charge in [-0.15, -0.1) is 11.3 Å². The topological polar surface area (TPSA) is 66.3 Å². The lowest BCUT2D eigenvalue weighted by molar-refractivity contribution is 0.0697. The molecule has 6 heteroatoms. The van der Waals surface area contributed by atoms with Gasteiger partial charge in [-0.2, -0.15) is 0 Å². The van der Waals surface area contributed by atoms with Gasteiger partial charge in [0.15, 0.2) is 0 Å². The van der Waals surface area contributed by atoms with Crippen molar-refractivity contribution in [3.8, 4) is 10.7 Å². The maximum atomic E-state index is 11.0. The molecule has 0 aromatic carbocycles. The van der Waals surface area contributed by atoms with Crippen molar-refractivity contribution in [3.63, 3.8) is 0 Å². The lowest BCUT2D eigenvalue weighted by atomic mass is 10.2. The van der Waals surface area contributed by atoms with E-state index in [1.54, 1.807) is 17.4 Å². The van der Waals surface area contributed by atoms with Gasteiger partial charge in [-0.25, -0.2) is 9.78 Å². The number of fused-ring (bicyclic) bond motifs is 1. The van der Waals surface area contributed by atoms with Crippen LogP contribution in [0.4, 0.5) is 0 Å². The molecule has 1 aliphatic heterocycles. The SMILES string of the molecule is CCN1CCc2nc(-c3cc(C(=O)O)ccn3)sc2C1. The molecule has 0 unspecified atom stereocenters. The molecule has 1 aliphatic rings. The second-order valence-electron chi connectivity index (χ2n) is 4.74. The van der Waals surface area contributed by atoms with Gasteiger partial charge < -0.3 is 5.11 Å². The monoisotopic (exact) mass is 289 g/mol. The van der Waals surface area contributed by atoms with Gasteiger partial charge in [0.1, 0.15) is 5.01 Å². The summed E-state index contributed by atoms with van der Waals surface area (Å²) in [7, 11) is 0. The molecule has 3 heterocycles. The average Bonchev–Trinajstić information content (AvgIpc) is 2.90. The van der Waals surface area contributed by atoms with Gasteiger partial charge in [-0.3, -0.25) is 9.88 Å². The first kappa shape index (κ1) is 13.2. The molecule has 2 aromatic rings. The lowest BCUT2D eigenvalue weighted by Gasteiger charge is -2.23. The van der Waals surface area contributed by atoms with E-state index in [1.807, 2.05) is 0 Å². The molecule has 0 aliphatic carbocycles. The Hall–Kier alpha value is -1.79. The molecule has 5 nitrogen and oxygen atoms in total. The summed E-state index contributed by atoms with van der Waals surface area (Å²) in [5, 5.41) is 9.85. The number of hydrogen-bond acceptors (Lipinski definition) is 5. The number of aromatic carboxylic acids is 1. The molecular weight excluding hydrogens is 274 g/mol. The van der Waals surface area contributed by atoms with Crippen LogP contribution >= 0.6 is 11.3 Å². The van der Waals surface area contributed by atoms with Gasteiger partial charge in [0, 0.05) is 30.6 Å². The van der Waals surface area contributed by atoms with Crippen molar-refractivity contribution in [2.24, 2.45) is 0 Å². The van der Waals surface area contributed by atoms with Crippen LogP contribution in [0.15, 0.2) is 18.3 Å². The van der Waals surface area contributed by atoms with Gasteiger partial charge in [0.2, 0.25) is 0 Å². The standard InChI is InChI=1S/C14H15N3O2S/c1-2-17-6-4-10-12(8-17)20-13(16-10)11-7-9(14(18)19)3-5-15-11/h3,5,7H,2,4,6,8H2,1H3,(H,18,19). The van der Waals surface area contributed by atoms with Crippen LogP contribution in [0.1, 0.15) is 27.9 Å². The van der Waals surface area contributed by atoms with Gasteiger partial charge in [-0.1, -0.05) is 6.92 Å². The molecule has 0 saturated heterocycles. The first-order valence-electron chi connectivity index (χ1n) is 6.58. The first-order chi connectivity index (χ1) is 9.67. The van der Waals surface area contributed by atoms with E-state index < -0.39 is 5.97 Å². The highest BCUT2D eigenvalue weighted by molar-refractivity contribution is 7.15. The predicted molar refractivity (Wildman–Crippen MR) is 77.0 cm³/mol. The molecule has 0 saturated carbocycles. The van der Waals surface area contributed by atoms with Crippen LogP contribution in [0.5, 0.6) is 0 Å². The Morgan fingerprint density at radius 2 is 2.40 bits per heavy atom. The summed E-state index contributed by atoms with van der Waals surface area (Å²) < 4.78 is 0. The fourth-order valence-electron chi connectivity index (χ4n) is 2.31. The highest BCUT2D eigenvalue weighted by Crippen LogP contribution is 2.30. The van der Waals surface area contributed by atoms with E-state index in [2.05, 4.69) is 21.8 Å². The Morgan fingerprint density at radius 1 is 1.55 bits per heavy atom. The number of carboxylic acids is 1. The summed E-state index contributed by atoms with van der Waals surface area (Å²) in [6.45, 7) is 5.17. The molecule has 2 aromatic heterocycles. The predicted octanol–water partition coefficient (Wildman–Crippen LogP) is 2.28. The maximum absolute atomic E-state index is 11.0. The second-order valence-corrected chi connectivity index (χ2v) is 5.83. The smallest absolute Gasteiger partial charge is 0.335 e. The molecule has 0 radical (unpaired) electrons. The lowest BCUT2D eigenvalue weighted by Crippen LogP contribution is -2.29. The first-order valence-corrected chi connectivity index (χ1v) is 7.39. The number of carboxylic acid groups (broad SMARTS) is 1.